The molecule has 0 atom stereocenters. The number of hydrogen-bond donors (Lipinski definition) is 0. The molecule has 0 nitrogen and oxygen atoms in total. The quantitative estimate of drug-likeness (QED) is 0.429. The van der Waals surface area contributed by atoms with E-state index >= 15 is 0 Å². The Kier molecular flexibility index (Phi) is 6.25. The summed E-state index contributed by atoms with van der Waals surface area (Å²) in [4.78, 5) is 0. The van der Waals surface area contributed by atoms with Gasteiger partial charge in [-0.3, -0.25) is 0 Å². The predicted octanol–water partition coefficient (Wildman–Crippen LogP) is 0.156. The summed E-state index contributed by atoms with van der Waals surface area (Å²) in [6.07, 6.45) is 3.40. The summed E-state index contributed by atoms with van der Waals surface area (Å²) in [5.74, 6) is 0. The van der Waals surface area contributed by atoms with E-state index < -0.39 is 0 Å². The number of aryl methyl sites for hydroxylation is 2. The maximum absolute atomic E-state index is 3.82. The van der Waals surface area contributed by atoms with Gasteiger partial charge in [-0.1, -0.05) is 36.2 Å². The van der Waals surface area contributed by atoms with Gasteiger partial charge < -0.3 is 6.92 Å². The molecule has 1 heteroatoms. The van der Waals surface area contributed by atoms with Crippen LogP contribution in [0.5, 0.6) is 0 Å². The third-order valence-electron chi connectivity index (χ3n) is 1.84. The molecular weight excluding hydrogens is 139 g/mol. The molecule has 0 unspecified atom stereocenters. The van der Waals surface area contributed by atoms with Gasteiger partial charge in [-0.25, -0.2) is 0 Å². The van der Waals surface area contributed by atoms with Gasteiger partial charge in [0.25, 0.3) is 0 Å². The second-order valence-electron chi connectivity index (χ2n) is 2.94. The monoisotopic (exact) mass is 154 g/mol. The average Bonchev–Trinajstić information content (AvgIpc) is 2.04. The third kappa shape index (κ3) is 4.00. The molecular formula is C11H15Li. The van der Waals surface area contributed by atoms with E-state index in [1.807, 2.05) is 0 Å². The summed E-state index contributed by atoms with van der Waals surface area (Å²) in [5.41, 5.74) is 2.77. The van der Waals surface area contributed by atoms with Crippen LogP contribution in [-0.4, -0.2) is 0 Å². The Balaban J connectivity index is 0.00000121. The molecule has 0 saturated carbocycles. The molecule has 12 heavy (non-hydrogen) atoms. The predicted molar refractivity (Wildman–Crippen MR) is 49.5 cm³/mol. The van der Waals surface area contributed by atoms with Gasteiger partial charge in [0.05, 0.1) is 0 Å². The van der Waals surface area contributed by atoms with Crippen LogP contribution in [-0.2, 0) is 6.42 Å². The SMILES string of the molecule is [CH2-]CCCc1ccc(C)cc1.[Li+]. The molecule has 0 amide bonds. The number of benzene rings is 1. The summed E-state index contributed by atoms with van der Waals surface area (Å²) in [5, 5.41) is 0. The van der Waals surface area contributed by atoms with Crippen LogP contribution in [0.1, 0.15) is 24.0 Å². The van der Waals surface area contributed by atoms with E-state index in [-0.39, 0.29) is 18.9 Å². The van der Waals surface area contributed by atoms with E-state index in [2.05, 4.69) is 38.1 Å². The molecule has 0 aliphatic rings. The van der Waals surface area contributed by atoms with Crippen molar-refractivity contribution in [2.45, 2.75) is 26.2 Å². The van der Waals surface area contributed by atoms with Gasteiger partial charge in [0.2, 0.25) is 0 Å². The topological polar surface area (TPSA) is 0 Å². The molecule has 0 radical (unpaired) electrons. The Morgan fingerprint density at radius 1 is 1.17 bits per heavy atom. The molecule has 1 aromatic carbocycles. The van der Waals surface area contributed by atoms with Crippen molar-refractivity contribution in [3.05, 3.63) is 42.3 Å². The van der Waals surface area contributed by atoms with E-state index in [1.165, 1.54) is 24.0 Å². The minimum atomic E-state index is 0. The van der Waals surface area contributed by atoms with Crippen LogP contribution < -0.4 is 18.9 Å². The van der Waals surface area contributed by atoms with Crippen LogP contribution in [0, 0.1) is 13.8 Å². The Morgan fingerprint density at radius 3 is 2.25 bits per heavy atom. The first-order chi connectivity index (χ1) is 5.33. The second kappa shape index (κ2) is 6.35. The second-order valence-corrected chi connectivity index (χ2v) is 2.94. The zero-order valence-electron chi connectivity index (χ0n) is 8.14. The van der Waals surface area contributed by atoms with Gasteiger partial charge in [0, 0.05) is 0 Å². The van der Waals surface area contributed by atoms with Gasteiger partial charge in [0.15, 0.2) is 0 Å². The van der Waals surface area contributed by atoms with Gasteiger partial charge in [0.1, 0.15) is 0 Å². The molecule has 0 spiro atoms. The summed E-state index contributed by atoms with van der Waals surface area (Å²) in [6, 6.07) is 8.73. The normalized spacial score (nSPS) is 9.17. The molecule has 60 valence electrons. The van der Waals surface area contributed by atoms with Crippen LogP contribution in [0.2, 0.25) is 0 Å². The molecule has 0 saturated heterocycles. The van der Waals surface area contributed by atoms with Crippen LogP contribution in [0.4, 0.5) is 0 Å². The fourth-order valence-corrected chi connectivity index (χ4v) is 1.08. The molecule has 0 aliphatic carbocycles. The Hall–Kier alpha value is -0.183. The minimum absolute atomic E-state index is 0. The molecule has 0 fully saturated rings. The molecule has 0 bridgehead atoms. The van der Waals surface area contributed by atoms with Crippen LogP contribution in [0.15, 0.2) is 24.3 Å². The van der Waals surface area contributed by atoms with Gasteiger partial charge in [-0.2, -0.15) is 6.42 Å². The van der Waals surface area contributed by atoms with E-state index in [1.54, 1.807) is 0 Å². The van der Waals surface area contributed by atoms with Crippen molar-refractivity contribution >= 4 is 0 Å². The van der Waals surface area contributed by atoms with E-state index in [4.69, 9.17) is 0 Å². The smallest absolute Gasteiger partial charge is 0.343 e. The van der Waals surface area contributed by atoms with Crippen molar-refractivity contribution in [2.75, 3.05) is 0 Å². The van der Waals surface area contributed by atoms with Gasteiger partial charge >= 0.3 is 18.9 Å². The maximum Gasteiger partial charge on any atom is 1.00 e. The summed E-state index contributed by atoms with van der Waals surface area (Å²) in [7, 11) is 0. The first kappa shape index (κ1) is 11.8. The third-order valence-corrected chi connectivity index (χ3v) is 1.84. The first-order valence-corrected chi connectivity index (χ1v) is 4.17. The van der Waals surface area contributed by atoms with Gasteiger partial charge in [-0.05, 0) is 18.9 Å². The van der Waals surface area contributed by atoms with Crippen LogP contribution in [0.25, 0.3) is 0 Å². The molecule has 0 aliphatic heterocycles. The zero-order valence-corrected chi connectivity index (χ0v) is 8.14. The molecule has 0 aromatic heterocycles. The maximum atomic E-state index is 3.82. The Bertz CT molecular complexity index is 201. The van der Waals surface area contributed by atoms with Gasteiger partial charge in [-0.15, -0.1) is 0 Å². The van der Waals surface area contributed by atoms with Crippen molar-refractivity contribution in [3.8, 4) is 0 Å². The minimum Gasteiger partial charge on any atom is -0.343 e. The summed E-state index contributed by atoms with van der Waals surface area (Å²) in [6.45, 7) is 5.93. The van der Waals surface area contributed by atoms with E-state index in [0.29, 0.717) is 0 Å². The van der Waals surface area contributed by atoms with Crippen molar-refractivity contribution in [1.82, 2.24) is 0 Å². The summed E-state index contributed by atoms with van der Waals surface area (Å²) < 4.78 is 0. The van der Waals surface area contributed by atoms with E-state index in [9.17, 15) is 0 Å². The molecule has 1 rings (SSSR count). The average molecular weight is 154 g/mol. The molecule has 1 aromatic rings. The number of unbranched alkanes of at least 4 members (excludes halogenated alkanes) is 1. The summed E-state index contributed by atoms with van der Waals surface area (Å²) >= 11 is 0. The van der Waals surface area contributed by atoms with Crippen LogP contribution >= 0.6 is 0 Å². The Labute approximate surface area is 87.6 Å². The van der Waals surface area contributed by atoms with Crippen molar-refractivity contribution in [3.63, 3.8) is 0 Å². The zero-order chi connectivity index (χ0) is 8.10. The fourth-order valence-electron chi connectivity index (χ4n) is 1.08. The largest absolute Gasteiger partial charge is 1.00 e. The number of hydrogen-bond acceptors (Lipinski definition) is 0. The van der Waals surface area contributed by atoms with Crippen LogP contribution in [0.3, 0.4) is 0 Å². The van der Waals surface area contributed by atoms with Crippen molar-refractivity contribution in [2.24, 2.45) is 0 Å². The first-order valence-electron chi connectivity index (χ1n) is 4.17. The van der Waals surface area contributed by atoms with Crippen molar-refractivity contribution in [1.29, 1.82) is 0 Å². The molecule has 0 N–H and O–H groups in total. The van der Waals surface area contributed by atoms with E-state index in [0.717, 1.165) is 6.42 Å². The fraction of sp³-hybridized carbons (Fsp3) is 0.364. The Morgan fingerprint density at radius 2 is 1.75 bits per heavy atom. The number of rotatable bonds is 3. The van der Waals surface area contributed by atoms with Crippen molar-refractivity contribution < 1.29 is 18.9 Å². The standard InChI is InChI=1S/C11H15.Li/c1-3-4-5-11-8-6-10(2)7-9-11;/h6-9H,1,3-5H2,2H3;/q-1;+1. The molecule has 0 heterocycles.